The Morgan fingerprint density at radius 2 is 2.00 bits per heavy atom. The summed E-state index contributed by atoms with van der Waals surface area (Å²) in [5, 5.41) is 7.33. The summed E-state index contributed by atoms with van der Waals surface area (Å²) < 4.78 is 15.8. The zero-order chi connectivity index (χ0) is 12.7. The van der Waals surface area contributed by atoms with Gasteiger partial charge in [-0.2, -0.15) is 0 Å². The number of methoxy groups -OCH3 is 1. The summed E-state index contributed by atoms with van der Waals surface area (Å²) in [5.74, 6) is 1.19. The Bertz CT molecular complexity index is 386. The fraction of sp³-hybridized carbons (Fsp3) is 0.417. The van der Waals surface area contributed by atoms with E-state index < -0.39 is 0 Å². The Hall–Kier alpha value is -1.46. The molecule has 18 heavy (non-hydrogen) atoms. The number of hydrogen-bond acceptors (Lipinski definition) is 4. The maximum absolute atomic E-state index is 7.33. The molecule has 0 aliphatic heterocycles. The second-order valence-electron chi connectivity index (χ2n) is 3.32. The average Bonchev–Trinajstić information content (AvgIpc) is 2.34. The van der Waals surface area contributed by atoms with Gasteiger partial charge in [-0.15, -0.1) is 12.4 Å². The highest BCUT2D eigenvalue weighted by molar-refractivity contribution is 5.95. The molecule has 0 saturated carbocycles. The van der Waals surface area contributed by atoms with Crippen LogP contribution in [0.3, 0.4) is 0 Å². The minimum Gasteiger partial charge on any atom is -0.493 e. The molecule has 0 radical (unpaired) electrons. The van der Waals surface area contributed by atoms with Crippen molar-refractivity contribution in [1.82, 2.24) is 0 Å². The summed E-state index contributed by atoms with van der Waals surface area (Å²) in [5.41, 5.74) is 6.00. The van der Waals surface area contributed by atoms with Gasteiger partial charge in [-0.3, -0.25) is 5.41 Å². The fourth-order valence-electron chi connectivity index (χ4n) is 1.31. The van der Waals surface area contributed by atoms with Crippen molar-refractivity contribution in [2.75, 3.05) is 26.9 Å². The number of rotatable bonds is 7. The number of halogens is 1. The fourth-order valence-corrected chi connectivity index (χ4v) is 1.31. The lowest BCUT2D eigenvalue weighted by molar-refractivity contribution is 0.109. The molecule has 0 fully saturated rings. The van der Waals surface area contributed by atoms with E-state index in [-0.39, 0.29) is 18.2 Å². The number of amidine groups is 1. The molecular formula is C12H19ClN2O3. The van der Waals surface area contributed by atoms with E-state index in [9.17, 15) is 0 Å². The summed E-state index contributed by atoms with van der Waals surface area (Å²) in [6.45, 7) is 3.60. The monoisotopic (exact) mass is 274 g/mol. The molecule has 1 aromatic carbocycles. The maximum atomic E-state index is 7.33. The normalized spacial score (nSPS) is 9.44. The summed E-state index contributed by atoms with van der Waals surface area (Å²) in [6.07, 6.45) is 0. The predicted octanol–water partition coefficient (Wildman–Crippen LogP) is 1.82. The molecule has 0 aliphatic carbocycles. The van der Waals surface area contributed by atoms with Crippen molar-refractivity contribution in [1.29, 1.82) is 5.41 Å². The largest absolute Gasteiger partial charge is 0.493 e. The molecule has 1 aromatic rings. The van der Waals surface area contributed by atoms with Crippen molar-refractivity contribution < 1.29 is 14.2 Å². The van der Waals surface area contributed by atoms with Gasteiger partial charge in [0.15, 0.2) is 11.5 Å². The van der Waals surface area contributed by atoms with Crippen molar-refractivity contribution in [3.63, 3.8) is 0 Å². The summed E-state index contributed by atoms with van der Waals surface area (Å²) in [6, 6.07) is 5.14. The van der Waals surface area contributed by atoms with Crippen molar-refractivity contribution in [2.45, 2.75) is 6.92 Å². The van der Waals surface area contributed by atoms with Gasteiger partial charge in [0, 0.05) is 12.2 Å². The first-order chi connectivity index (χ1) is 8.19. The quantitative estimate of drug-likeness (QED) is 0.452. The summed E-state index contributed by atoms with van der Waals surface area (Å²) in [7, 11) is 1.55. The van der Waals surface area contributed by atoms with Gasteiger partial charge in [0.1, 0.15) is 12.4 Å². The minimum absolute atomic E-state index is 0. The third-order valence-corrected chi connectivity index (χ3v) is 2.16. The molecular weight excluding hydrogens is 256 g/mol. The van der Waals surface area contributed by atoms with Gasteiger partial charge in [0.25, 0.3) is 0 Å². The smallest absolute Gasteiger partial charge is 0.161 e. The average molecular weight is 275 g/mol. The molecule has 0 spiro atoms. The van der Waals surface area contributed by atoms with E-state index in [0.29, 0.717) is 36.9 Å². The van der Waals surface area contributed by atoms with E-state index in [2.05, 4.69) is 0 Å². The molecule has 0 saturated heterocycles. The molecule has 1 rings (SSSR count). The Morgan fingerprint density at radius 1 is 1.28 bits per heavy atom. The number of hydrogen-bond donors (Lipinski definition) is 2. The highest BCUT2D eigenvalue weighted by Crippen LogP contribution is 2.27. The van der Waals surface area contributed by atoms with Crippen LogP contribution in [0.15, 0.2) is 18.2 Å². The molecule has 102 valence electrons. The molecule has 0 bridgehead atoms. The number of benzene rings is 1. The van der Waals surface area contributed by atoms with Crippen molar-refractivity contribution in [3.8, 4) is 11.5 Å². The first-order valence-corrected chi connectivity index (χ1v) is 5.42. The van der Waals surface area contributed by atoms with Gasteiger partial charge < -0.3 is 19.9 Å². The molecule has 0 amide bonds. The van der Waals surface area contributed by atoms with Crippen LogP contribution in [0.1, 0.15) is 12.5 Å². The highest BCUT2D eigenvalue weighted by atomic mass is 35.5. The van der Waals surface area contributed by atoms with E-state index >= 15 is 0 Å². The van der Waals surface area contributed by atoms with Crippen LogP contribution in [0.2, 0.25) is 0 Å². The zero-order valence-electron chi connectivity index (χ0n) is 10.6. The molecule has 0 atom stereocenters. The molecule has 0 aromatic heterocycles. The lowest BCUT2D eigenvalue weighted by Gasteiger charge is -2.11. The van der Waals surface area contributed by atoms with Crippen molar-refractivity contribution >= 4 is 18.2 Å². The van der Waals surface area contributed by atoms with Gasteiger partial charge in [0.05, 0.1) is 13.7 Å². The van der Waals surface area contributed by atoms with E-state index in [1.807, 2.05) is 6.92 Å². The van der Waals surface area contributed by atoms with Crippen molar-refractivity contribution in [3.05, 3.63) is 23.8 Å². The van der Waals surface area contributed by atoms with Crippen molar-refractivity contribution in [2.24, 2.45) is 5.73 Å². The lowest BCUT2D eigenvalue weighted by Crippen LogP contribution is -2.12. The number of ether oxygens (including phenoxy) is 3. The zero-order valence-corrected chi connectivity index (χ0v) is 11.4. The summed E-state index contributed by atoms with van der Waals surface area (Å²) >= 11 is 0. The van der Waals surface area contributed by atoms with Gasteiger partial charge in [-0.05, 0) is 25.1 Å². The SMILES string of the molecule is CCOCCOc1ccc(C(=N)N)cc1OC.Cl. The van der Waals surface area contributed by atoms with Gasteiger partial charge in [-0.1, -0.05) is 0 Å². The Morgan fingerprint density at radius 3 is 2.56 bits per heavy atom. The van der Waals surface area contributed by atoms with Gasteiger partial charge in [-0.25, -0.2) is 0 Å². The van der Waals surface area contributed by atoms with Crippen LogP contribution in [-0.2, 0) is 4.74 Å². The molecule has 5 nitrogen and oxygen atoms in total. The number of nitrogen functional groups attached to an aromatic ring is 1. The van der Waals surface area contributed by atoms with Gasteiger partial charge >= 0.3 is 0 Å². The second kappa shape index (κ2) is 8.60. The number of nitrogens with two attached hydrogens (primary N) is 1. The first kappa shape index (κ1) is 16.5. The first-order valence-electron chi connectivity index (χ1n) is 5.42. The van der Waals surface area contributed by atoms with Crippen LogP contribution >= 0.6 is 12.4 Å². The van der Waals surface area contributed by atoms with E-state index in [0.717, 1.165) is 0 Å². The number of nitrogens with one attached hydrogen (secondary N) is 1. The lowest BCUT2D eigenvalue weighted by atomic mass is 10.2. The molecule has 3 N–H and O–H groups in total. The third kappa shape index (κ3) is 4.81. The highest BCUT2D eigenvalue weighted by Gasteiger charge is 2.07. The van der Waals surface area contributed by atoms with E-state index in [1.165, 1.54) is 0 Å². The van der Waals surface area contributed by atoms with Crippen LogP contribution in [-0.4, -0.2) is 32.8 Å². The maximum Gasteiger partial charge on any atom is 0.161 e. The van der Waals surface area contributed by atoms with Crippen LogP contribution in [0.25, 0.3) is 0 Å². The van der Waals surface area contributed by atoms with Crippen LogP contribution in [0, 0.1) is 5.41 Å². The van der Waals surface area contributed by atoms with Crippen LogP contribution < -0.4 is 15.2 Å². The Labute approximate surface area is 113 Å². The minimum atomic E-state index is 0. The Balaban J connectivity index is 0.00000289. The molecule has 0 unspecified atom stereocenters. The third-order valence-electron chi connectivity index (χ3n) is 2.16. The van der Waals surface area contributed by atoms with E-state index in [4.69, 9.17) is 25.4 Å². The van der Waals surface area contributed by atoms with Gasteiger partial charge in [0.2, 0.25) is 0 Å². The van der Waals surface area contributed by atoms with Crippen LogP contribution in [0.4, 0.5) is 0 Å². The van der Waals surface area contributed by atoms with E-state index in [1.54, 1.807) is 25.3 Å². The topological polar surface area (TPSA) is 77.6 Å². The second-order valence-corrected chi connectivity index (χ2v) is 3.32. The summed E-state index contributed by atoms with van der Waals surface area (Å²) in [4.78, 5) is 0. The Kier molecular flexibility index (Phi) is 7.91. The predicted molar refractivity (Wildman–Crippen MR) is 73.2 cm³/mol. The van der Waals surface area contributed by atoms with Crippen LogP contribution in [0.5, 0.6) is 11.5 Å². The molecule has 6 heteroatoms. The molecule has 0 heterocycles. The molecule has 0 aliphatic rings. The standard InChI is InChI=1S/C12H18N2O3.ClH/c1-3-16-6-7-17-10-5-4-9(12(13)14)8-11(10)15-2;/h4-5,8H,3,6-7H2,1-2H3,(H3,13,14);1H.